The van der Waals surface area contributed by atoms with Crippen LogP contribution in [0, 0.1) is 11.8 Å². The molecule has 0 saturated carbocycles. The molecule has 3 atom stereocenters. The maximum atomic E-state index is 12.4. The first-order valence-electron chi connectivity index (χ1n) is 7.66. The molecule has 1 aliphatic rings. The molecule has 0 unspecified atom stereocenters. The Kier molecular flexibility index (Phi) is 4.53. The number of carbonyl (C=O) groups excluding carboxylic acids is 2. The van der Waals surface area contributed by atoms with Gasteiger partial charge in [-0.3, -0.25) is 9.59 Å². The van der Waals surface area contributed by atoms with Crippen LogP contribution in [0.25, 0.3) is 0 Å². The molecule has 1 aliphatic heterocycles. The van der Waals surface area contributed by atoms with E-state index in [1.807, 2.05) is 36.4 Å². The van der Waals surface area contributed by atoms with Gasteiger partial charge in [0.1, 0.15) is 0 Å². The summed E-state index contributed by atoms with van der Waals surface area (Å²) in [5, 5.41) is 10.0. The van der Waals surface area contributed by atoms with E-state index in [0.29, 0.717) is 12.0 Å². The zero-order chi connectivity index (χ0) is 16.2. The number of ketones is 1. The molecule has 2 aromatic rings. The Hall–Kier alpha value is -2.46. The number of cyclic esters (lactones) is 1. The summed E-state index contributed by atoms with van der Waals surface area (Å²) in [5.74, 6) is -1.63. The standard InChI is InChI=1S/C19H18O4/c20-17(14-9-5-2-6-10-14)12-16-15(18(21)23-19(16)22)11-13-7-3-1-4-8-13/h1-10,15-16,18,21H,11-12H2/t15-,16+,18-/m1/s1. The minimum atomic E-state index is -1.16. The Morgan fingerprint density at radius 3 is 2.26 bits per heavy atom. The van der Waals surface area contributed by atoms with Crippen molar-refractivity contribution in [2.24, 2.45) is 11.8 Å². The highest BCUT2D eigenvalue weighted by Crippen LogP contribution is 2.33. The first-order valence-corrected chi connectivity index (χ1v) is 7.66. The quantitative estimate of drug-likeness (QED) is 0.681. The van der Waals surface area contributed by atoms with Crippen molar-refractivity contribution >= 4 is 11.8 Å². The lowest BCUT2D eigenvalue weighted by molar-refractivity contribution is -0.157. The zero-order valence-corrected chi connectivity index (χ0v) is 12.6. The first-order chi connectivity index (χ1) is 11.1. The molecule has 23 heavy (non-hydrogen) atoms. The Morgan fingerprint density at radius 1 is 1.00 bits per heavy atom. The minimum absolute atomic E-state index is 0.0530. The van der Waals surface area contributed by atoms with Gasteiger partial charge in [-0.2, -0.15) is 0 Å². The van der Waals surface area contributed by atoms with Gasteiger partial charge in [-0.25, -0.2) is 0 Å². The molecule has 1 heterocycles. The van der Waals surface area contributed by atoms with Gasteiger partial charge in [-0.1, -0.05) is 60.7 Å². The third-order valence-corrected chi connectivity index (χ3v) is 4.24. The third kappa shape index (κ3) is 3.48. The van der Waals surface area contributed by atoms with Gasteiger partial charge in [0.2, 0.25) is 6.29 Å². The van der Waals surface area contributed by atoms with Crippen LogP contribution in [0.4, 0.5) is 0 Å². The predicted molar refractivity (Wildman–Crippen MR) is 84.6 cm³/mol. The summed E-state index contributed by atoms with van der Waals surface area (Å²) in [6.07, 6.45) is -0.603. The molecule has 0 spiro atoms. The summed E-state index contributed by atoms with van der Waals surface area (Å²) in [5.41, 5.74) is 1.58. The molecular weight excluding hydrogens is 292 g/mol. The van der Waals surface area contributed by atoms with Crippen LogP contribution < -0.4 is 0 Å². The molecule has 1 fully saturated rings. The van der Waals surface area contributed by atoms with Crippen molar-refractivity contribution in [3.8, 4) is 0 Å². The second kappa shape index (κ2) is 6.75. The van der Waals surface area contributed by atoms with E-state index in [1.54, 1.807) is 24.3 Å². The van der Waals surface area contributed by atoms with Gasteiger partial charge in [-0.15, -0.1) is 0 Å². The molecular formula is C19H18O4. The highest BCUT2D eigenvalue weighted by molar-refractivity contribution is 5.98. The molecule has 118 valence electrons. The number of hydrogen-bond acceptors (Lipinski definition) is 4. The normalized spacial score (nSPS) is 23.5. The number of aliphatic hydroxyl groups excluding tert-OH is 1. The fourth-order valence-electron chi connectivity index (χ4n) is 2.97. The Labute approximate surface area is 134 Å². The Morgan fingerprint density at radius 2 is 1.61 bits per heavy atom. The zero-order valence-electron chi connectivity index (χ0n) is 12.6. The summed E-state index contributed by atoms with van der Waals surface area (Å²) in [4.78, 5) is 24.4. The highest BCUT2D eigenvalue weighted by atomic mass is 16.6. The predicted octanol–water partition coefficient (Wildman–Crippen LogP) is 2.61. The van der Waals surface area contributed by atoms with E-state index in [0.717, 1.165) is 5.56 Å². The number of benzene rings is 2. The second-order valence-corrected chi connectivity index (χ2v) is 5.78. The van der Waals surface area contributed by atoms with E-state index in [9.17, 15) is 14.7 Å². The van der Waals surface area contributed by atoms with Crippen LogP contribution in [-0.4, -0.2) is 23.1 Å². The van der Waals surface area contributed by atoms with Crippen LogP contribution in [0.5, 0.6) is 0 Å². The van der Waals surface area contributed by atoms with E-state index in [-0.39, 0.29) is 12.2 Å². The monoisotopic (exact) mass is 310 g/mol. The highest BCUT2D eigenvalue weighted by Gasteiger charge is 2.44. The van der Waals surface area contributed by atoms with Gasteiger partial charge in [0.15, 0.2) is 5.78 Å². The average molecular weight is 310 g/mol. The van der Waals surface area contributed by atoms with E-state index >= 15 is 0 Å². The number of esters is 1. The molecule has 4 nitrogen and oxygen atoms in total. The molecule has 0 aliphatic carbocycles. The first kappa shape index (κ1) is 15.4. The molecule has 0 amide bonds. The molecule has 4 heteroatoms. The number of aliphatic hydroxyl groups is 1. The maximum Gasteiger partial charge on any atom is 0.312 e. The van der Waals surface area contributed by atoms with Gasteiger partial charge in [0.05, 0.1) is 5.92 Å². The van der Waals surface area contributed by atoms with Crippen molar-refractivity contribution in [3.05, 3.63) is 71.8 Å². The van der Waals surface area contributed by atoms with Gasteiger partial charge < -0.3 is 9.84 Å². The molecule has 0 bridgehead atoms. The summed E-state index contributed by atoms with van der Waals surface area (Å²) in [7, 11) is 0. The number of carbonyl (C=O) groups is 2. The van der Waals surface area contributed by atoms with Crippen LogP contribution >= 0.6 is 0 Å². The van der Waals surface area contributed by atoms with Crippen molar-refractivity contribution in [1.29, 1.82) is 0 Å². The molecule has 1 N–H and O–H groups in total. The molecule has 0 radical (unpaired) electrons. The van der Waals surface area contributed by atoms with E-state index in [2.05, 4.69) is 0 Å². The van der Waals surface area contributed by atoms with Crippen molar-refractivity contribution in [2.45, 2.75) is 19.1 Å². The van der Waals surface area contributed by atoms with Crippen molar-refractivity contribution < 1.29 is 19.4 Å². The second-order valence-electron chi connectivity index (χ2n) is 5.78. The number of hydrogen-bond donors (Lipinski definition) is 1. The van der Waals surface area contributed by atoms with Gasteiger partial charge in [0, 0.05) is 17.9 Å². The lowest BCUT2D eigenvalue weighted by Crippen LogP contribution is -2.25. The Bertz CT molecular complexity index is 681. The van der Waals surface area contributed by atoms with Gasteiger partial charge >= 0.3 is 5.97 Å². The summed E-state index contributed by atoms with van der Waals surface area (Å²) in [6, 6.07) is 18.5. The third-order valence-electron chi connectivity index (χ3n) is 4.24. The van der Waals surface area contributed by atoms with E-state index in [1.165, 1.54) is 0 Å². The van der Waals surface area contributed by atoms with Crippen molar-refractivity contribution in [1.82, 2.24) is 0 Å². The molecule has 2 aromatic carbocycles. The number of Topliss-reactive ketones (excluding diaryl/α,β-unsaturated/α-hetero) is 1. The fraction of sp³-hybridized carbons (Fsp3) is 0.263. The van der Waals surface area contributed by atoms with Crippen LogP contribution in [0.3, 0.4) is 0 Å². The Balaban J connectivity index is 1.75. The lowest BCUT2D eigenvalue weighted by atomic mass is 9.84. The van der Waals surface area contributed by atoms with Crippen LogP contribution in [0.2, 0.25) is 0 Å². The molecule has 0 aromatic heterocycles. The lowest BCUT2D eigenvalue weighted by Gasteiger charge is -2.17. The smallest absolute Gasteiger partial charge is 0.312 e. The fourth-order valence-corrected chi connectivity index (χ4v) is 2.97. The van der Waals surface area contributed by atoms with Crippen molar-refractivity contribution in [2.75, 3.05) is 0 Å². The summed E-state index contributed by atoms with van der Waals surface area (Å²) < 4.78 is 4.96. The molecule has 3 rings (SSSR count). The van der Waals surface area contributed by atoms with Crippen LogP contribution in [0.1, 0.15) is 22.3 Å². The maximum absolute atomic E-state index is 12.4. The van der Waals surface area contributed by atoms with Crippen LogP contribution in [-0.2, 0) is 16.0 Å². The van der Waals surface area contributed by atoms with Gasteiger partial charge in [-0.05, 0) is 12.0 Å². The SMILES string of the molecule is O=C(C[C@@H]1C(=O)O[C@@H](O)[C@@H]1Cc1ccccc1)c1ccccc1. The van der Waals surface area contributed by atoms with E-state index in [4.69, 9.17) is 4.74 Å². The minimum Gasteiger partial charge on any atom is -0.435 e. The molecule has 1 saturated heterocycles. The van der Waals surface area contributed by atoms with E-state index < -0.39 is 24.1 Å². The summed E-state index contributed by atoms with van der Waals surface area (Å²) in [6.45, 7) is 0. The number of rotatable bonds is 5. The summed E-state index contributed by atoms with van der Waals surface area (Å²) >= 11 is 0. The topological polar surface area (TPSA) is 63.6 Å². The van der Waals surface area contributed by atoms with Crippen LogP contribution in [0.15, 0.2) is 60.7 Å². The van der Waals surface area contributed by atoms with Gasteiger partial charge in [0.25, 0.3) is 0 Å². The van der Waals surface area contributed by atoms with Crippen molar-refractivity contribution in [3.63, 3.8) is 0 Å². The average Bonchev–Trinajstić information content (AvgIpc) is 2.83. The largest absolute Gasteiger partial charge is 0.435 e. The number of ether oxygens (including phenoxy) is 1.